The highest BCUT2D eigenvalue weighted by Crippen LogP contribution is 2.32. The largest absolute Gasteiger partial charge is 0.391 e. The summed E-state index contributed by atoms with van der Waals surface area (Å²) in [6.07, 6.45) is 1.88. The van der Waals surface area contributed by atoms with Gasteiger partial charge in [0.05, 0.1) is 6.10 Å². The number of carbonyl (C=O) groups is 1. The van der Waals surface area contributed by atoms with Gasteiger partial charge in [-0.1, -0.05) is 20.8 Å². The van der Waals surface area contributed by atoms with Gasteiger partial charge in [-0.25, -0.2) is 0 Å². The molecule has 14 heavy (non-hydrogen) atoms. The van der Waals surface area contributed by atoms with Crippen LogP contribution in [0.25, 0.3) is 0 Å². The fourth-order valence-electron chi connectivity index (χ4n) is 1.32. The SMILES string of the molecule is CC(C)C(C)C(=O)NCC(O)C1CC1. The van der Waals surface area contributed by atoms with Crippen LogP contribution in [0.2, 0.25) is 0 Å². The smallest absolute Gasteiger partial charge is 0.223 e. The Labute approximate surface area is 85.9 Å². The zero-order chi connectivity index (χ0) is 10.7. The summed E-state index contributed by atoms with van der Waals surface area (Å²) in [4.78, 5) is 11.5. The zero-order valence-corrected chi connectivity index (χ0v) is 9.29. The van der Waals surface area contributed by atoms with Crippen molar-refractivity contribution in [1.29, 1.82) is 0 Å². The van der Waals surface area contributed by atoms with Crippen molar-refractivity contribution in [3.05, 3.63) is 0 Å². The van der Waals surface area contributed by atoms with Crippen molar-refractivity contribution in [3.63, 3.8) is 0 Å². The summed E-state index contributed by atoms with van der Waals surface area (Å²) in [5.41, 5.74) is 0. The lowest BCUT2D eigenvalue weighted by atomic mass is 9.97. The van der Waals surface area contributed by atoms with Crippen LogP contribution in [0.15, 0.2) is 0 Å². The summed E-state index contributed by atoms with van der Waals surface area (Å²) in [5.74, 6) is 0.874. The van der Waals surface area contributed by atoms with Gasteiger partial charge in [0, 0.05) is 12.5 Å². The van der Waals surface area contributed by atoms with Crippen LogP contribution < -0.4 is 5.32 Å². The minimum Gasteiger partial charge on any atom is -0.391 e. The van der Waals surface area contributed by atoms with E-state index in [-0.39, 0.29) is 17.9 Å². The van der Waals surface area contributed by atoms with E-state index in [2.05, 4.69) is 5.32 Å². The molecule has 3 nitrogen and oxygen atoms in total. The average Bonchev–Trinajstić information content (AvgIpc) is 2.95. The number of nitrogens with one attached hydrogen (secondary N) is 1. The van der Waals surface area contributed by atoms with E-state index < -0.39 is 0 Å². The van der Waals surface area contributed by atoms with Crippen LogP contribution in [0.4, 0.5) is 0 Å². The molecule has 0 bridgehead atoms. The Balaban J connectivity index is 2.19. The van der Waals surface area contributed by atoms with Crippen molar-refractivity contribution in [2.45, 2.75) is 39.7 Å². The highest BCUT2D eigenvalue weighted by Gasteiger charge is 2.30. The van der Waals surface area contributed by atoms with Crippen LogP contribution in [0.5, 0.6) is 0 Å². The molecule has 1 saturated carbocycles. The highest BCUT2D eigenvalue weighted by atomic mass is 16.3. The van der Waals surface area contributed by atoms with Gasteiger partial charge in [0.2, 0.25) is 5.91 Å². The topological polar surface area (TPSA) is 49.3 Å². The molecule has 0 aromatic carbocycles. The fraction of sp³-hybridized carbons (Fsp3) is 0.909. The van der Waals surface area contributed by atoms with Crippen LogP contribution in [-0.4, -0.2) is 23.7 Å². The van der Waals surface area contributed by atoms with Crippen molar-refractivity contribution in [2.75, 3.05) is 6.54 Å². The molecule has 0 saturated heterocycles. The molecule has 0 spiro atoms. The van der Waals surface area contributed by atoms with Gasteiger partial charge in [0.1, 0.15) is 0 Å². The maximum atomic E-state index is 11.5. The van der Waals surface area contributed by atoms with E-state index in [1.807, 2.05) is 20.8 Å². The Morgan fingerprint density at radius 3 is 2.43 bits per heavy atom. The van der Waals surface area contributed by atoms with Gasteiger partial charge >= 0.3 is 0 Å². The van der Waals surface area contributed by atoms with E-state index in [0.29, 0.717) is 18.4 Å². The Kier molecular flexibility index (Phi) is 3.93. The number of aliphatic hydroxyl groups is 1. The first kappa shape index (κ1) is 11.5. The second-order valence-corrected chi connectivity index (χ2v) is 4.68. The van der Waals surface area contributed by atoms with Crippen molar-refractivity contribution in [1.82, 2.24) is 5.32 Å². The highest BCUT2D eigenvalue weighted by molar-refractivity contribution is 5.78. The number of rotatable bonds is 5. The number of carbonyl (C=O) groups excluding carboxylic acids is 1. The van der Waals surface area contributed by atoms with Gasteiger partial charge in [-0.15, -0.1) is 0 Å². The lowest BCUT2D eigenvalue weighted by Crippen LogP contribution is -2.37. The lowest BCUT2D eigenvalue weighted by Gasteiger charge is -2.17. The number of hydrogen-bond acceptors (Lipinski definition) is 2. The normalized spacial score (nSPS) is 20.6. The third kappa shape index (κ3) is 3.29. The number of aliphatic hydroxyl groups excluding tert-OH is 1. The van der Waals surface area contributed by atoms with Crippen molar-refractivity contribution < 1.29 is 9.90 Å². The number of amides is 1. The molecule has 0 aromatic heterocycles. The Bertz CT molecular complexity index is 199. The quantitative estimate of drug-likeness (QED) is 0.698. The van der Waals surface area contributed by atoms with E-state index in [1.54, 1.807) is 0 Å². The second kappa shape index (κ2) is 4.78. The molecule has 1 amide bonds. The van der Waals surface area contributed by atoms with E-state index in [9.17, 15) is 9.90 Å². The summed E-state index contributed by atoms with van der Waals surface area (Å²) >= 11 is 0. The molecule has 1 fully saturated rings. The summed E-state index contributed by atoms with van der Waals surface area (Å²) in [6, 6.07) is 0. The minimum atomic E-state index is -0.335. The minimum absolute atomic E-state index is 0.0291. The van der Waals surface area contributed by atoms with Crippen LogP contribution in [0, 0.1) is 17.8 Å². The Hall–Kier alpha value is -0.570. The molecule has 1 aliphatic carbocycles. The summed E-state index contributed by atoms with van der Waals surface area (Å²) < 4.78 is 0. The molecule has 3 heteroatoms. The van der Waals surface area contributed by atoms with E-state index in [1.165, 1.54) is 0 Å². The Morgan fingerprint density at radius 2 is 2.00 bits per heavy atom. The maximum absolute atomic E-state index is 11.5. The first-order valence-corrected chi connectivity index (χ1v) is 5.48. The third-order valence-electron chi connectivity index (χ3n) is 3.07. The van der Waals surface area contributed by atoms with Gasteiger partial charge in [-0.2, -0.15) is 0 Å². The Morgan fingerprint density at radius 1 is 1.43 bits per heavy atom. The van der Waals surface area contributed by atoms with Gasteiger partial charge in [-0.3, -0.25) is 4.79 Å². The van der Waals surface area contributed by atoms with Crippen LogP contribution in [-0.2, 0) is 4.79 Å². The van der Waals surface area contributed by atoms with Crippen LogP contribution in [0.1, 0.15) is 33.6 Å². The third-order valence-corrected chi connectivity index (χ3v) is 3.07. The molecule has 82 valence electrons. The van der Waals surface area contributed by atoms with Gasteiger partial charge < -0.3 is 10.4 Å². The lowest BCUT2D eigenvalue weighted by molar-refractivity contribution is -0.126. The van der Waals surface area contributed by atoms with Crippen molar-refractivity contribution in [2.24, 2.45) is 17.8 Å². The van der Waals surface area contributed by atoms with Crippen LogP contribution >= 0.6 is 0 Å². The number of hydrogen-bond donors (Lipinski definition) is 2. The molecule has 2 unspecified atom stereocenters. The molecule has 0 radical (unpaired) electrons. The molecule has 0 aliphatic heterocycles. The summed E-state index contributed by atoms with van der Waals surface area (Å²) in [5, 5.41) is 12.3. The predicted octanol–water partition coefficient (Wildman–Crippen LogP) is 1.17. The molecular weight excluding hydrogens is 178 g/mol. The monoisotopic (exact) mass is 199 g/mol. The van der Waals surface area contributed by atoms with E-state index in [0.717, 1.165) is 12.8 Å². The molecule has 0 heterocycles. The predicted molar refractivity (Wildman–Crippen MR) is 55.7 cm³/mol. The van der Waals surface area contributed by atoms with Crippen molar-refractivity contribution >= 4 is 5.91 Å². The zero-order valence-electron chi connectivity index (χ0n) is 9.29. The summed E-state index contributed by atoms with van der Waals surface area (Å²) in [6.45, 7) is 6.40. The van der Waals surface area contributed by atoms with Crippen molar-refractivity contribution in [3.8, 4) is 0 Å². The molecule has 1 rings (SSSR count). The fourth-order valence-corrected chi connectivity index (χ4v) is 1.32. The molecule has 1 aliphatic rings. The van der Waals surface area contributed by atoms with Gasteiger partial charge in [0.15, 0.2) is 0 Å². The molecule has 2 N–H and O–H groups in total. The second-order valence-electron chi connectivity index (χ2n) is 4.68. The van der Waals surface area contributed by atoms with E-state index in [4.69, 9.17) is 0 Å². The van der Waals surface area contributed by atoms with Gasteiger partial charge in [-0.05, 0) is 24.7 Å². The molecular formula is C11H21NO2. The first-order chi connectivity index (χ1) is 6.52. The molecule has 2 atom stereocenters. The first-order valence-electron chi connectivity index (χ1n) is 5.48. The van der Waals surface area contributed by atoms with E-state index >= 15 is 0 Å². The maximum Gasteiger partial charge on any atom is 0.223 e. The molecule has 0 aromatic rings. The standard InChI is InChI=1S/C11H21NO2/c1-7(2)8(3)11(14)12-6-10(13)9-4-5-9/h7-10,13H,4-6H2,1-3H3,(H,12,14). The average molecular weight is 199 g/mol. The van der Waals surface area contributed by atoms with Crippen LogP contribution in [0.3, 0.4) is 0 Å². The van der Waals surface area contributed by atoms with Gasteiger partial charge in [0.25, 0.3) is 0 Å². The summed E-state index contributed by atoms with van der Waals surface area (Å²) in [7, 11) is 0.